The predicted molar refractivity (Wildman–Crippen MR) is 77.3 cm³/mol. The minimum Gasteiger partial charge on any atom is -0.338 e. The number of hydrogen-bond donors (Lipinski definition) is 1. The molecule has 4 heteroatoms. The lowest BCUT2D eigenvalue weighted by atomic mass is 9.84. The maximum absolute atomic E-state index is 5.35. The van der Waals surface area contributed by atoms with Crippen LogP contribution in [0.4, 0.5) is 0 Å². The van der Waals surface area contributed by atoms with Gasteiger partial charge in [-0.2, -0.15) is 4.98 Å². The summed E-state index contributed by atoms with van der Waals surface area (Å²) in [5.41, 5.74) is 0.956. The molecule has 20 heavy (non-hydrogen) atoms. The highest BCUT2D eigenvalue weighted by Gasteiger charge is 2.28. The molecule has 0 atom stereocenters. The van der Waals surface area contributed by atoms with Crippen LogP contribution in [0, 0.1) is 5.92 Å². The highest BCUT2D eigenvalue weighted by Crippen LogP contribution is 2.29. The van der Waals surface area contributed by atoms with Gasteiger partial charge in [0.05, 0.1) is 12.0 Å². The second-order valence-electron chi connectivity index (χ2n) is 6.08. The van der Waals surface area contributed by atoms with E-state index >= 15 is 0 Å². The van der Waals surface area contributed by atoms with Crippen molar-refractivity contribution in [2.45, 2.75) is 38.6 Å². The molecule has 4 nitrogen and oxygen atoms in total. The molecule has 1 aliphatic rings. The zero-order valence-corrected chi connectivity index (χ0v) is 12.1. The molecular weight excluding hydrogens is 250 g/mol. The number of hydrogen-bond acceptors (Lipinski definition) is 4. The normalized spacial score (nSPS) is 15.5. The van der Waals surface area contributed by atoms with Crippen LogP contribution in [0.5, 0.6) is 0 Å². The lowest BCUT2D eigenvalue weighted by molar-refractivity contribution is 0.356. The number of rotatable bonds is 6. The molecule has 1 N–H and O–H groups in total. The second kappa shape index (κ2) is 5.37. The third-order valence-electron chi connectivity index (χ3n) is 3.93. The summed E-state index contributed by atoms with van der Waals surface area (Å²) in [6.07, 6.45) is 2.70. The molecule has 0 aliphatic heterocycles. The summed E-state index contributed by atoms with van der Waals surface area (Å²) in [4.78, 5) is 4.54. The quantitative estimate of drug-likeness (QED) is 0.877. The third kappa shape index (κ3) is 2.90. The Morgan fingerprint density at radius 2 is 2.00 bits per heavy atom. The first-order chi connectivity index (χ1) is 9.66. The Balaban J connectivity index is 1.68. The average molecular weight is 271 g/mol. The van der Waals surface area contributed by atoms with E-state index < -0.39 is 0 Å². The molecule has 1 fully saturated rings. The molecule has 0 bridgehead atoms. The smallest absolute Gasteiger partial charge is 0.240 e. The van der Waals surface area contributed by atoms with E-state index in [1.165, 1.54) is 18.4 Å². The highest BCUT2D eigenvalue weighted by molar-refractivity contribution is 5.30. The van der Waals surface area contributed by atoms with Crippen molar-refractivity contribution >= 4 is 0 Å². The molecule has 1 aromatic carbocycles. The summed E-state index contributed by atoms with van der Waals surface area (Å²) in [7, 11) is 0. The lowest BCUT2D eigenvalue weighted by Gasteiger charge is -2.20. The van der Waals surface area contributed by atoms with Crippen molar-refractivity contribution in [1.82, 2.24) is 15.5 Å². The summed E-state index contributed by atoms with van der Waals surface area (Å²) < 4.78 is 5.35. The molecule has 1 aliphatic carbocycles. The topological polar surface area (TPSA) is 51.0 Å². The molecule has 1 heterocycles. The van der Waals surface area contributed by atoms with Gasteiger partial charge in [-0.3, -0.25) is 0 Å². The fourth-order valence-electron chi connectivity index (χ4n) is 2.27. The van der Waals surface area contributed by atoms with Gasteiger partial charge in [-0.1, -0.05) is 35.5 Å². The first-order valence-electron chi connectivity index (χ1n) is 7.25. The van der Waals surface area contributed by atoms with Crippen molar-refractivity contribution in [2.75, 3.05) is 6.54 Å². The van der Waals surface area contributed by atoms with Crippen LogP contribution in [-0.2, 0) is 12.0 Å². The van der Waals surface area contributed by atoms with Gasteiger partial charge in [-0.05, 0) is 44.7 Å². The first-order valence-corrected chi connectivity index (χ1v) is 7.25. The van der Waals surface area contributed by atoms with E-state index in [1.807, 2.05) is 18.2 Å². The summed E-state index contributed by atoms with van der Waals surface area (Å²) in [5.74, 6) is 2.27. The monoisotopic (exact) mass is 271 g/mol. The van der Waals surface area contributed by atoms with Crippen LogP contribution >= 0.6 is 0 Å². The molecule has 0 saturated heterocycles. The molecule has 3 rings (SSSR count). The molecule has 0 spiro atoms. The Morgan fingerprint density at radius 1 is 1.25 bits per heavy atom. The summed E-state index contributed by atoms with van der Waals surface area (Å²) in [6.45, 7) is 5.96. The van der Waals surface area contributed by atoms with Crippen LogP contribution in [0.3, 0.4) is 0 Å². The second-order valence-corrected chi connectivity index (χ2v) is 6.08. The molecule has 1 aromatic heterocycles. The first kappa shape index (κ1) is 13.3. The van der Waals surface area contributed by atoms with Crippen molar-refractivity contribution in [1.29, 1.82) is 0 Å². The molecular formula is C16H21N3O. The summed E-state index contributed by atoms with van der Waals surface area (Å²) in [6, 6.07) is 10.3. The van der Waals surface area contributed by atoms with Crippen molar-refractivity contribution in [3.8, 4) is 0 Å². The zero-order valence-electron chi connectivity index (χ0n) is 12.1. The van der Waals surface area contributed by atoms with Gasteiger partial charge in [-0.25, -0.2) is 0 Å². The van der Waals surface area contributed by atoms with Gasteiger partial charge < -0.3 is 9.84 Å². The maximum Gasteiger partial charge on any atom is 0.240 e. The fraction of sp³-hybridized carbons (Fsp3) is 0.500. The zero-order chi connectivity index (χ0) is 14.0. The average Bonchev–Trinajstić information content (AvgIpc) is 3.15. The van der Waals surface area contributed by atoms with Gasteiger partial charge in [0.2, 0.25) is 5.89 Å². The van der Waals surface area contributed by atoms with Crippen LogP contribution < -0.4 is 5.32 Å². The van der Waals surface area contributed by atoms with Crippen molar-refractivity contribution in [3.63, 3.8) is 0 Å². The summed E-state index contributed by atoms with van der Waals surface area (Å²) in [5, 5.41) is 7.52. The van der Waals surface area contributed by atoms with Crippen LogP contribution in [0.25, 0.3) is 0 Å². The summed E-state index contributed by atoms with van der Waals surface area (Å²) >= 11 is 0. The number of aromatic nitrogens is 2. The van der Waals surface area contributed by atoms with E-state index in [2.05, 4.69) is 41.4 Å². The predicted octanol–water partition coefficient (Wildman–Crippen LogP) is 2.90. The molecule has 0 radical (unpaired) electrons. The molecule has 2 aromatic rings. The molecule has 0 amide bonds. The van der Waals surface area contributed by atoms with Gasteiger partial charge in [0.1, 0.15) is 0 Å². The standard InChI is InChI=1S/C16H21N3O/c1-16(2,13-6-4-3-5-7-13)15-18-14(20-19-15)11-17-10-12-8-9-12/h3-7,12,17H,8-11H2,1-2H3. The minimum absolute atomic E-state index is 0.237. The van der Waals surface area contributed by atoms with Gasteiger partial charge in [0.15, 0.2) is 5.82 Å². The fourth-order valence-corrected chi connectivity index (χ4v) is 2.27. The Hall–Kier alpha value is -1.68. The maximum atomic E-state index is 5.35. The third-order valence-corrected chi connectivity index (χ3v) is 3.93. The van der Waals surface area contributed by atoms with Crippen LogP contribution in [-0.4, -0.2) is 16.7 Å². The number of nitrogens with one attached hydrogen (secondary N) is 1. The van der Waals surface area contributed by atoms with Crippen LogP contribution in [0.2, 0.25) is 0 Å². The van der Waals surface area contributed by atoms with E-state index in [4.69, 9.17) is 4.52 Å². The van der Waals surface area contributed by atoms with Crippen molar-refractivity contribution in [2.24, 2.45) is 5.92 Å². The van der Waals surface area contributed by atoms with Gasteiger partial charge in [0, 0.05) is 0 Å². The van der Waals surface area contributed by atoms with E-state index in [-0.39, 0.29) is 5.41 Å². The molecule has 0 unspecified atom stereocenters. The minimum atomic E-state index is -0.237. The number of benzene rings is 1. The molecule has 1 saturated carbocycles. The van der Waals surface area contributed by atoms with Gasteiger partial charge in [-0.15, -0.1) is 0 Å². The van der Waals surface area contributed by atoms with E-state index in [1.54, 1.807) is 0 Å². The van der Waals surface area contributed by atoms with Crippen molar-refractivity contribution in [3.05, 3.63) is 47.6 Å². The Kier molecular flexibility index (Phi) is 3.57. The van der Waals surface area contributed by atoms with Crippen molar-refractivity contribution < 1.29 is 4.52 Å². The molecule has 106 valence electrons. The van der Waals surface area contributed by atoms with Gasteiger partial charge >= 0.3 is 0 Å². The van der Waals surface area contributed by atoms with E-state index in [9.17, 15) is 0 Å². The lowest BCUT2D eigenvalue weighted by Crippen LogP contribution is -2.21. The van der Waals surface area contributed by atoms with E-state index in [0.717, 1.165) is 18.3 Å². The van der Waals surface area contributed by atoms with Crippen LogP contribution in [0.15, 0.2) is 34.9 Å². The highest BCUT2D eigenvalue weighted by atomic mass is 16.5. The van der Waals surface area contributed by atoms with Gasteiger partial charge in [0.25, 0.3) is 0 Å². The SMILES string of the molecule is CC(C)(c1ccccc1)c1noc(CNCC2CC2)n1. The Morgan fingerprint density at radius 3 is 2.70 bits per heavy atom. The Bertz CT molecular complexity index is 558. The van der Waals surface area contributed by atoms with Crippen LogP contribution in [0.1, 0.15) is 44.0 Å². The Labute approximate surface area is 119 Å². The largest absolute Gasteiger partial charge is 0.338 e. The number of nitrogens with zero attached hydrogens (tertiary/aromatic N) is 2. The van der Waals surface area contributed by atoms with E-state index in [0.29, 0.717) is 12.4 Å².